The van der Waals surface area contributed by atoms with Gasteiger partial charge in [0, 0.05) is 13.3 Å². The predicted octanol–water partition coefficient (Wildman–Crippen LogP) is 7.15. The molecule has 3 fully saturated rings. The van der Waals surface area contributed by atoms with Gasteiger partial charge in [0.15, 0.2) is 0 Å². The van der Waals surface area contributed by atoms with Crippen molar-refractivity contribution in [3.05, 3.63) is 23.3 Å². The predicted molar refractivity (Wildman–Crippen MR) is 145 cm³/mol. The topological polar surface area (TPSA) is 80.7 Å². The number of Topliss-reactive ketones (excluding diaryl/α,β-unsaturated/α-hetero) is 1. The van der Waals surface area contributed by atoms with Crippen molar-refractivity contribution in [3.8, 4) is 0 Å². The summed E-state index contributed by atoms with van der Waals surface area (Å²) < 4.78 is 5.46. The summed E-state index contributed by atoms with van der Waals surface area (Å²) in [5, 5.41) is 10.3. The van der Waals surface area contributed by atoms with Crippen LogP contribution >= 0.6 is 0 Å². The number of carbonyl (C=O) groups is 3. The monoisotopic (exact) mass is 512 g/mol. The third kappa shape index (κ3) is 4.33. The van der Waals surface area contributed by atoms with Crippen molar-refractivity contribution in [3.63, 3.8) is 0 Å². The summed E-state index contributed by atoms with van der Waals surface area (Å²) in [5.41, 5.74) is 2.03. The fraction of sp³-hybridized carbons (Fsp3) is 0.781. The van der Waals surface area contributed by atoms with Gasteiger partial charge in [-0.15, -0.1) is 0 Å². The average molecular weight is 513 g/mol. The number of ether oxygens (including phenoxy) is 1. The van der Waals surface area contributed by atoms with Crippen LogP contribution in [0, 0.1) is 45.3 Å². The summed E-state index contributed by atoms with van der Waals surface area (Å²) >= 11 is 0. The number of aliphatic carboxylic acids is 1. The Morgan fingerprint density at radius 1 is 1.11 bits per heavy atom. The molecule has 206 valence electrons. The van der Waals surface area contributed by atoms with Crippen molar-refractivity contribution in [2.24, 2.45) is 45.3 Å². The highest BCUT2D eigenvalue weighted by molar-refractivity contribution is 5.86. The lowest BCUT2D eigenvalue weighted by Crippen LogP contribution is -2.59. The Morgan fingerprint density at radius 2 is 1.81 bits per heavy atom. The molecule has 0 aromatic rings. The van der Waals surface area contributed by atoms with Crippen LogP contribution < -0.4 is 0 Å². The molecule has 0 bridgehead atoms. The molecule has 8 atom stereocenters. The summed E-state index contributed by atoms with van der Waals surface area (Å²) in [6, 6.07) is 0. The van der Waals surface area contributed by atoms with Crippen molar-refractivity contribution in [1.82, 2.24) is 0 Å². The minimum absolute atomic E-state index is 0.0213. The summed E-state index contributed by atoms with van der Waals surface area (Å²) in [5.74, 6) is -0.347. The smallest absolute Gasteiger partial charge is 0.306 e. The SMILES string of the molecule is CC(=O)OCC1(C)C(=O)CCC2(C)C3CCC4(C)C(C(CCC=C(C)C)C(=O)O)CCC4(C)C3=CCC12. The Kier molecular flexibility index (Phi) is 7.36. The van der Waals surface area contributed by atoms with E-state index in [0.717, 1.165) is 44.9 Å². The van der Waals surface area contributed by atoms with E-state index in [4.69, 9.17) is 4.74 Å². The number of carbonyl (C=O) groups excluding carboxylic acids is 2. The van der Waals surface area contributed by atoms with Gasteiger partial charge in [0.2, 0.25) is 0 Å². The minimum atomic E-state index is -0.653. The zero-order valence-electron chi connectivity index (χ0n) is 24.1. The molecule has 4 aliphatic carbocycles. The molecule has 0 aromatic heterocycles. The van der Waals surface area contributed by atoms with Crippen LogP contribution in [0.25, 0.3) is 0 Å². The first-order valence-electron chi connectivity index (χ1n) is 14.4. The van der Waals surface area contributed by atoms with E-state index in [1.165, 1.54) is 18.1 Å². The van der Waals surface area contributed by atoms with Crippen LogP contribution in [-0.2, 0) is 19.1 Å². The van der Waals surface area contributed by atoms with Crippen LogP contribution in [0.3, 0.4) is 0 Å². The van der Waals surface area contributed by atoms with Crippen LogP contribution in [0.2, 0.25) is 0 Å². The molecule has 0 radical (unpaired) electrons. The summed E-state index contributed by atoms with van der Waals surface area (Å²) in [7, 11) is 0. The number of hydrogen-bond acceptors (Lipinski definition) is 4. The normalized spacial score (nSPS) is 41.5. The number of allylic oxidation sites excluding steroid dienone is 4. The zero-order chi connectivity index (χ0) is 27.4. The van der Waals surface area contributed by atoms with Crippen LogP contribution in [0.4, 0.5) is 0 Å². The first-order valence-corrected chi connectivity index (χ1v) is 14.4. The Hall–Kier alpha value is -1.91. The van der Waals surface area contributed by atoms with Gasteiger partial charge in [-0.2, -0.15) is 0 Å². The first-order chi connectivity index (χ1) is 17.2. The fourth-order valence-corrected chi connectivity index (χ4v) is 9.51. The Bertz CT molecular complexity index is 1020. The number of carboxylic acid groups (broad SMARTS) is 1. The maximum Gasteiger partial charge on any atom is 0.306 e. The molecule has 5 nitrogen and oxygen atoms in total. The molecule has 4 rings (SSSR count). The second-order valence-electron chi connectivity index (χ2n) is 13.9. The van der Waals surface area contributed by atoms with Gasteiger partial charge in [-0.25, -0.2) is 0 Å². The van der Waals surface area contributed by atoms with E-state index in [2.05, 4.69) is 46.8 Å². The molecule has 4 aliphatic rings. The maximum absolute atomic E-state index is 13.2. The van der Waals surface area contributed by atoms with Crippen molar-refractivity contribution in [2.75, 3.05) is 6.61 Å². The molecule has 0 amide bonds. The van der Waals surface area contributed by atoms with Gasteiger partial charge in [-0.05, 0) is 106 Å². The lowest BCUT2D eigenvalue weighted by Gasteiger charge is -2.63. The van der Waals surface area contributed by atoms with E-state index >= 15 is 0 Å². The Balaban J connectivity index is 1.67. The molecule has 0 spiro atoms. The minimum Gasteiger partial charge on any atom is -0.481 e. The van der Waals surface area contributed by atoms with E-state index in [9.17, 15) is 19.5 Å². The van der Waals surface area contributed by atoms with Crippen molar-refractivity contribution in [1.29, 1.82) is 0 Å². The van der Waals surface area contributed by atoms with Gasteiger partial charge in [0.05, 0.1) is 11.3 Å². The standard InChI is InChI=1S/C32H48O5/c1-20(2)9-8-10-22(28(35)36)23-13-17-32(7)25-11-12-26-29(4,24(25)14-18-31(23,32)6)16-15-27(34)30(26,5)19-37-21(3)33/h9,11,22-24,26H,8,10,12-19H2,1-7H3,(H,35,36). The van der Waals surface area contributed by atoms with E-state index in [1.807, 2.05) is 6.92 Å². The highest BCUT2D eigenvalue weighted by Gasteiger charge is 2.66. The largest absolute Gasteiger partial charge is 0.481 e. The highest BCUT2D eigenvalue weighted by Crippen LogP contribution is 2.73. The van der Waals surface area contributed by atoms with Gasteiger partial charge in [0.1, 0.15) is 12.4 Å². The second kappa shape index (κ2) is 9.68. The molecule has 37 heavy (non-hydrogen) atoms. The van der Waals surface area contributed by atoms with Crippen LogP contribution in [0.15, 0.2) is 23.3 Å². The van der Waals surface area contributed by atoms with Crippen molar-refractivity contribution in [2.45, 2.75) is 106 Å². The Morgan fingerprint density at radius 3 is 2.43 bits per heavy atom. The second-order valence-corrected chi connectivity index (χ2v) is 13.9. The Labute approximate surface area is 223 Å². The van der Waals surface area contributed by atoms with Crippen molar-refractivity contribution < 1.29 is 24.2 Å². The van der Waals surface area contributed by atoms with Gasteiger partial charge in [-0.1, -0.05) is 44.1 Å². The van der Waals surface area contributed by atoms with E-state index in [1.54, 1.807) is 0 Å². The molecule has 3 saturated carbocycles. The molecular weight excluding hydrogens is 464 g/mol. The third-order valence-electron chi connectivity index (χ3n) is 11.9. The number of rotatable bonds is 7. The zero-order valence-corrected chi connectivity index (χ0v) is 24.1. The maximum atomic E-state index is 13.2. The third-order valence-corrected chi connectivity index (χ3v) is 11.9. The molecule has 0 saturated heterocycles. The number of ketones is 1. The fourth-order valence-electron chi connectivity index (χ4n) is 9.51. The summed E-state index contributed by atoms with van der Waals surface area (Å²) in [6.07, 6.45) is 12.4. The van der Waals surface area contributed by atoms with E-state index in [-0.39, 0.29) is 52.4 Å². The van der Waals surface area contributed by atoms with Crippen LogP contribution in [-0.4, -0.2) is 29.4 Å². The summed E-state index contributed by atoms with van der Waals surface area (Å²) in [6.45, 7) is 14.9. The van der Waals surface area contributed by atoms with Crippen LogP contribution in [0.1, 0.15) is 106 Å². The average Bonchev–Trinajstić information content (AvgIpc) is 3.09. The number of carboxylic acids is 1. The molecule has 0 aliphatic heterocycles. The number of esters is 1. The lowest BCUT2D eigenvalue weighted by molar-refractivity contribution is -0.163. The number of fused-ring (bicyclic) bond motifs is 5. The molecular formula is C32H48O5. The lowest BCUT2D eigenvalue weighted by atomic mass is 9.41. The van der Waals surface area contributed by atoms with Gasteiger partial charge in [-0.3, -0.25) is 14.4 Å². The van der Waals surface area contributed by atoms with Crippen LogP contribution in [0.5, 0.6) is 0 Å². The quantitative estimate of drug-likeness (QED) is 0.289. The van der Waals surface area contributed by atoms with Gasteiger partial charge in [0.25, 0.3) is 0 Å². The molecule has 5 heteroatoms. The van der Waals surface area contributed by atoms with E-state index < -0.39 is 11.4 Å². The molecule has 0 aromatic carbocycles. The van der Waals surface area contributed by atoms with Gasteiger partial charge < -0.3 is 9.84 Å². The first kappa shape index (κ1) is 28.1. The summed E-state index contributed by atoms with van der Waals surface area (Å²) in [4.78, 5) is 37.4. The molecule has 1 N–H and O–H groups in total. The molecule has 8 unspecified atom stereocenters. The number of hydrogen-bond donors (Lipinski definition) is 1. The van der Waals surface area contributed by atoms with E-state index in [0.29, 0.717) is 18.8 Å². The van der Waals surface area contributed by atoms with Gasteiger partial charge >= 0.3 is 11.9 Å². The molecule has 0 heterocycles. The van der Waals surface area contributed by atoms with Crippen molar-refractivity contribution >= 4 is 17.7 Å². The highest BCUT2D eigenvalue weighted by atomic mass is 16.5.